The van der Waals surface area contributed by atoms with Crippen LogP contribution in [0.2, 0.25) is 5.15 Å². The number of hydrogen-bond acceptors (Lipinski definition) is 4. The summed E-state index contributed by atoms with van der Waals surface area (Å²) in [6.07, 6.45) is 4.83. The molecule has 0 radical (unpaired) electrons. The number of pyridine rings is 1. The van der Waals surface area contributed by atoms with Crippen molar-refractivity contribution in [3.05, 3.63) is 58.6 Å². The number of aromatic nitrogens is 1. The van der Waals surface area contributed by atoms with E-state index in [1.807, 2.05) is 33.8 Å². The van der Waals surface area contributed by atoms with Crippen LogP contribution in [0.15, 0.2) is 41.2 Å². The Labute approximate surface area is 163 Å². The van der Waals surface area contributed by atoms with Crippen LogP contribution in [-0.4, -0.2) is 17.5 Å². The van der Waals surface area contributed by atoms with Crippen LogP contribution in [0, 0.1) is 13.8 Å². The largest absolute Gasteiger partial charge is 0.493 e. The predicted octanol–water partition coefficient (Wildman–Crippen LogP) is 5.54. The summed E-state index contributed by atoms with van der Waals surface area (Å²) in [5.74, 6) is 0.437. The number of benzene rings is 1. The van der Waals surface area contributed by atoms with E-state index in [0.717, 1.165) is 39.0 Å². The van der Waals surface area contributed by atoms with Gasteiger partial charge in [0, 0.05) is 28.8 Å². The van der Waals surface area contributed by atoms with Gasteiger partial charge in [0.05, 0.1) is 18.6 Å². The number of anilines is 1. The second-order valence-electron chi connectivity index (χ2n) is 6.27. The minimum Gasteiger partial charge on any atom is -0.493 e. The molecular weight excluding hydrogens is 364 g/mol. The molecule has 0 atom stereocenters. The maximum atomic E-state index is 12.4. The molecule has 1 amide bonds. The second kappa shape index (κ2) is 7.84. The SMILES string of the molecule is CCOc1c(/C(C)=C/C(=O)Nc2cccnc2Cl)cc2c(C)coc2c1C. The van der Waals surface area contributed by atoms with Crippen LogP contribution in [0.25, 0.3) is 16.5 Å². The van der Waals surface area contributed by atoms with Crippen molar-refractivity contribution in [1.29, 1.82) is 0 Å². The molecule has 3 aromatic rings. The zero-order chi connectivity index (χ0) is 19.6. The van der Waals surface area contributed by atoms with Crippen molar-refractivity contribution in [3.63, 3.8) is 0 Å². The number of nitrogens with one attached hydrogen (secondary N) is 1. The summed E-state index contributed by atoms with van der Waals surface area (Å²) >= 11 is 6.00. The maximum absolute atomic E-state index is 12.4. The smallest absolute Gasteiger partial charge is 0.248 e. The number of amides is 1. The Morgan fingerprint density at radius 1 is 1.41 bits per heavy atom. The zero-order valence-corrected chi connectivity index (χ0v) is 16.5. The van der Waals surface area contributed by atoms with Crippen molar-refractivity contribution in [2.24, 2.45) is 0 Å². The number of rotatable bonds is 5. The lowest BCUT2D eigenvalue weighted by molar-refractivity contribution is -0.111. The third-order valence-corrected chi connectivity index (χ3v) is 4.62. The Balaban J connectivity index is 2.00. The molecule has 2 aromatic heterocycles. The van der Waals surface area contributed by atoms with Crippen LogP contribution in [0.4, 0.5) is 5.69 Å². The lowest BCUT2D eigenvalue weighted by Gasteiger charge is -2.14. The molecule has 0 spiro atoms. The van der Waals surface area contributed by atoms with Crippen LogP contribution < -0.4 is 10.1 Å². The van der Waals surface area contributed by atoms with Gasteiger partial charge in [-0.2, -0.15) is 0 Å². The van der Waals surface area contributed by atoms with Gasteiger partial charge in [-0.15, -0.1) is 0 Å². The summed E-state index contributed by atoms with van der Waals surface area (Å²) in [6, 6.07) is 5.42. The van der Waals surface area contributed by atoms with E-state index in [9.17, 15) is 4.79 Å². The third kappa shape index (κ3) is 3.83. The van der Waals surface area contributed by atoms with Crippen LogP contribution >= 0.6 is 11.6 Å². The first-order chi connectivity index (χ1) is 12.9. The number of allylic oxidation sites excluding steroid dienone is 1. The van der Waals surface area contributed by atoms with Gasteiger partial charge in [0.15, 0.2) is 5.15 Å². The fourth-order valence-electron chi connectivity index (χ4n) is 2.98. The Morgan fingerprint density at radius 3 is 2.89 bits per heavy atom. The third-order valence-electron chi connectivity index (χ3n) is 4.32. The summed E-state index contributed by atoms with van der Waals surface area (Å²) in [5.41, 5.74) is 4.87. The number of carbonyl (C=O) groups is 1. The minimum atomic E-state index is -0.286. The van der Waals surface area contributed by atoms with Crippen molar-refractivity contribution in [2.75, 3.05) is 11.9 Å². The average molecular weight is 385 g/mol. The molecule has 1 aromatic carbocycles. The summed E-state index contributed by atoms with van der Waals surface area (Å²) in [6.45, 7) is 8.28. The molecule has 2 heterocycles. The Kier molecular flexibility index (Phi) is 5.51. The molecule has 0 fully saturated rings. The van der Waals surface area contributed by atoms with Crippen molar-refractivity contribution >= 4 is 39.7 Å². The molecular formula is C21H21ClN2O3. The number of nitrogens with zero attached hydrogens (tertiary/aromatic N) is 1. The number of hydrogen-bond donors (Lipinski definition) is 1. The molecule has 0 saturated carbocycles. The highest BCUT2D eigenvalue weighted by Gasteiger charge is 2.17. The number of halogens is 1. The number of aryl methyl sites for hydroxylation is 2. The van der Waals surface area contributed by atoms with Crippen molar-refractivity contribution in [1.82, 2.24) is 4.98 Å². The van der Waals surface area contributed by atoms with Crippen molar-refractivity contribution in [3.8, 4) is 5.75 Å². The molecule has 0 aliphatic heterocycles. The van der Waals surface area contributed by atoms with E-state index >= 15 is 0 Å². The average Bonchev–Trinajstić information content (AvgIpc) is 3.00. The summed E-state index contributed by atoms with van der Waals surface area (Å²) in [4.78, 5) is 16.4. The van der Waals surface area contributed by atoms with Crippen LogP contribution in [0.5, 0.6) is 5.75 Å². The number of carbonyl (C=O) groups excluding carboxylic acids is 1. The van der Waals surface area contributed by atoms with Crippen molar-refractivity contribution in [2.45, 2.75) is 27.7 Å². The molecule has 0 unspecified atom stereocenters. The highest BCUT2D eigenvalue weighted by atomic mass is 35.5. The minimum absolute atomic E-state index is 0.248. The van der Waals surface area contributed by atoms with Gasteiger partial charge >= 0.3 is 0 Å². The molecule has 5 nitrogen and oxygen atoms in total. The van der Waals surface area contributed by atoms with E-state index < -0.39 is 0 Å². The Hall–Kier alpha value is -2.79. The summed E-state index contributed by atoms with van der Waals surface area (Å²) in [5, 5.41) is 4.01. The number of fused-ring (bicyclic) bond motifs is 1. The fraction of sp³-hybridized carbons (Fsp3) is 0.238. The van der Waals surface area contributed by atoms with E-state index in [2.05, 4.69) is 10.3 Å². The van der Waals surface area contributed by atoms with Crippen LogP contribution in [0.3, 0.4) is 0 Å². The highest BCUT2D eigenvalue weighted by molar-refractivity contribution is 6.32. The Bertz CT molecular complexity index is 1040. The molecule has 3 rings (SSSR count). The van der Waals surface area contributed by atoms with Gasteiger partial charge in [0.2, 0.25) is 5.91 Å². The fourth-order valence-corrected chi connectivity index (χ4v) is 3.15. The molecule has 1 N–H and O–H groups in total. The van der Waals surface area contributed by atoms with E-state index in [-0.39, 0.29) is 11.1 Å². The van der Waals surface area contributed by atoms with Gasteiger partial charge < -0.3 is 14.5 Å². The van der Waals surface area contributed by atoms with Gasteiger partial charge in [-0.25, -0.2) is 4.98 Å². The standard InChI is InChI=1S/C21H21ClN2O3/c1-5-26-19-14(4)20-16(13(3)11-27-20)10-15(19)12(2)9-18(25)24-17-7-6-8-23-21(17)22/h6-11H,5H2,1-4H3,(H,24,25)/b12-9+. The second-order valence-corrected chi connectivity index (χ2v) is 6.62. The van der Waals surface area contributed by atoms with E-state index in [0.29, 0.717) is 12.3 Å². The molecule has 0 aliphatic carbocycles. The molecule has 0 saturated heterocycles. The van der Waals surface area contributed by atoms with Gasteiger partial charge in [-0.05, 0) is 57.0 Å². The zero-order valence-electron chi connectivity index (χ0n) is 15.7. The van der Waals surface area contributed by atoms with Crippen LogP contribution in [-0.2, 0) is 4.79 Å². The first-order valence-corrected chi connectivity index (χ1v) is 9.04. The Morgan fingerprint density at radius 2 is 2.19 bits per heavy atom. The quantitative estimate of drug-likeness (QED) is 0.463. The van der Waals surface area contributed by atoms with Gasteiger partial charge in [-0.3, -0.25) is 4.79 Å². The summed E-state index contributed by atoms with van der Waals surface area (Å²) in [7, 11) is 0. The first kappa shape index (κ1) is 19.0. The van der Waals surface area contributed by atoms with Gasteiger partial charge in [0.25, 0.3) is 0 Å². The molecule has 0 aliphatic rings. The first-order valence-electron chi connectivity index (χ1n) is 8.66. The van der Waals surface area contributed by atoms with Gasteiger partial charge in [-0.1, -0.05) is 11.6 Å². The monoisotopic (exact) mass is 384 g/mol. The molecule has 0 bridgehead atoms. The number of furan rings is 1. The van der Waals surface area contributed by atoms with Gasteiger partial charge in [0.1, 0.15) is 11.3 Å². The van der Waals surface area contributed by atoms with E-state index in [4.69, 9.17) is 20.8 Å². The number of ether oxygens (including phenoxy) is 1. The normalized spacial score (nSPS) is 11.7. The maximum Gasteiger partial charge on any atom is 0.248 e. The van der Waals surface area contributed by atoms with E-state index in [1.165, 1.54) is 6.08 Å². The molecule has 140 valence electrons. The van der Waals surface area contributed by atoms with E-state index in [1.54, 1.807) is 24.6 Å². The molecule has 6 heteroatoms. The predicted molar refractivity (Wildman–Crippen MR) is 108 cm³/mol. The lowest BCUT2D eigenvalue weighted by Crippen LogP contribution is -2.09. The molecule has 27 heavy (non-hydrogen) atoms. The van der Waals surface area contributed by atoms with Crippen molar-refractivity contribution < 1.29 is 13.9 Å². The highest BCUT2D eigenvalue weighted by Crippen LogP contribution is 2.37. The van der Waals surface area contributed by atoms with Crippen LogP contribution in [0.1, 0.15) is 30.5 Å². The summed E-state index contributed by atoms with van der Waals surface area (Å²) < 4.78 is 11.5. The topological polar surface area (TPSA) is 64.4 Å². The lowest BCUT2D eigenvalue weighted by atomic mass is 9.98.